The lowest BCUT2D eigenvalue weighted by Gasteiger charge is -2.28. The predicted octanol–water partition coefficient (Wildman–Crippen LogP) is 15.3. The first kappa shape index (κ1) is 30.9. The summed E-state index contributed by atoms with van der Waals surface area (Å²) in [7, 11) is 0. The van der Waals surface area contributed by atoms with Crippen LogP contribution < -0.4 is 4.90 Å². The van der Waals surface area contributed by atoms with Crippen molar-refractivity contribution in [3.8, 4) is 22.3 Å². The first-order chi connectivity index (χ1) is 27.8. The van der Waals surface area contributed by atoms with E-state index in [0.717, 1.165) is 116 Å². The summed E-state index contributed by atoms with van der Waals surface area (Å²) < 4.78 is 19.8. The maximum absolute atomic E-state index is 6.87. The number of para-hydroxylation sites is 5. The molecule has 0 radical (unpaired) electrons. The Bertz CT molecular complexity index is 3490. The van der Waals surface area contributed by atoms with E-state index >= 15 is 0 Å². The van der Waals surface area contributed by atoms with E-state index in [0.29, 0.717) is 0 Å². The Balaban J connectivity index is 1.06. The first-order valence-electron chi connectivity index (χ1n) is 18.9. The first-order valence-corrected chi connectivity index (χ1v) is 18.9. The minimum atomic E-state index is 0.839. The van der Waals surface area contributed by atoms with E-state index < -0.39 is 0 Å². The summed E-state index contributed by atoms with van der Waals surface area (Å²) in [6, 6.07) is 66.0. The molecule has 9 aromatic carbocycles. The number of fused-ring (bicyclic) bond motifs is 11. The molecule has 0 aliphatic rings. The lowest BCUT2D eigenvalue weighted by atomic mass is 9.98. The zero-order chi connectivity index (χ0) is 36.7. The summed E-state index contributed by atoms with van der Waals surface area (Å²) in [6.07, 6.45) is 0. The molecule has 0 unspecified atom stereocenters. The molecular weight excluding hydrogens is 687 g/mol. The van der Waals surface area contributed by atoms with Crippen molar-refractivity contribution in [2.75, 3.05) is 4.90 Å². The molecular formula is C52H31NO3. The quantitative estimate of drug-likeness (QED) is 0.178. The van der Waals surface area contributed by atoms with Crippen LogP contribution in [0.5, 0.6) is 0 Å². The Labute approximate surface area is 321 Å². The smallest absolute Gasteiger partial charge is 0.143 e. The van der Waals surface area contributed by atoms with Gasteiger partial charge < -0.3 is 18.2 Å². The maximum atomic E-state index is 6.87. The Morgan fingerprint density at radius 1 is 0.304 bits per heavy atom. The molecule has 0 bridgehead atoms. The van der Waals surface area contributed by atoms with E-state index in [-0.39, 0.29) is 0 Å². The van der Waals surface area contributed by atoms with Crippen LogP contribution in [0.2, 0.25) is 0 Å². The van der Waals surface area contributed by atoms with Crippen LogP contribution >= 0.6 is 0 Å². The number of rotatable bonds is 5. The normalized spacial score (nSPS) is 11.9. The van der Waals surface area contributed by atoms with Gasteiger partial charge in [0.25, 0.3) is 0 Å². The summed E-state index contributed by atoms with van der Waals surface area (Å²) in [5, 5.41) is 8.91. The average Bonchev–Trinajstić information content (AvgIpc) is 3.96. The van der Waals surface area contributed by atoms with Crippen LogP contribution in [0.4, 0.5) is 17.1 Å². The van der Waals surface area contributed by atoms with Gasteiger partial charge in [-0.1, -0.05) is 133 Å². The highest BCUT2D eigenvalue weighted by atomic mass is 16.3. The lowest BCUT2D eigenvalue weighted by molar-refractivity contribution is 0.669. The van der Waals surface area contributed by atoms with Crippen LogP contribution in [0.15, 0.2) is 201 Å². The third kappa shape index (κ3) is 4.60. The zero-order valence-electron chi connectivity index (χ0n) is 30.1. The van der Waals surface area contributed by atoms with E-state index in [1.807, 2.05) is 24.3 Å². The standard InChI is InChI=1S/C52H31NO3/c1-2-12-36-32(11-1)25-29-45-44-19-10-17-42(52(44)56-51(36)45)38-13-3-6-20-46(38)53(35-28-30-41-39-14-4-7-21-47(39)54-49(41)31-35)34-26-23-33(24-27-34)37-16-9-18-43-40-15-5-8-22-48(40)55-50(37)43/h1-31H. The van der Waals surface area contributed by atoms with Crippen molar-refractivity contribution in [2.45, 2.75) is 0 Å². The van der Waals surface area contributed by atoms with Crippen LogP contribution in [0.25, 0.3) is 98.8 Å². The Morgan fingerprint density at radius 2 is 0.857 bits per heavy atom. The van der Waals surface area contributed by atoms with Crippen LogP contribution in [0.1, 0.15) is 0 Å². The molecule has 3 heterocycles. The predicted molar refractivity (Wildman–Crippen MR) is 231 cm³/mol. The van der Waals surface area contributed by atoms with Gasteiger partial charge in [0.2, 0.25) is 0 Å². The molecule has 12 rings (SSSR count). The molecule has 4 nitrogen and oxygen atoms in total. The zero-order valence-corrected chi connectivity index (χ0v) is 30.1. The van der Waals surface area contributed by atoms with Crippen molar-refractivity contribution < 1.29 is 13.3 Å². The van der Waals surface area contributed by atoms with Crippen molar-refractivity contribution in [3.63, 3.8) is 0 Å². The second kappa shape index (κ2) is 12.0. The summed E-state index contributed by atoms with van der Waals surface area (Å²) in [5.74, 6) is 0. The van der Waals surface area contributed by atoms with Crippen molar-refractivity contribution in [2.24, 2.45) is 0 Å². The number of furan rings is 3. The topological polar surface area (TPSA) is 42.7 Å². The molecule has 0 aliphatic carbocycles. The number of benzene rings is 9. The molecule has 4 heteroatoms. The maximum Gasteiger partial charge on any atom is 0.143 e. The molecule has 12 aromatic rings. The summed E-state index contributed by atoms with van der Waals surface area (Å²) in [4.78, 5) is 2.32. The van der Waals surface area contributed by atoms with E-state index in [9.17, 15) is 0 Å². The molecule has 0 saturated heterocycles. The molecule has 56 heavy (non-hydrogen) atoms. The average molecular weight is 718 g/mol. The summed E-state index contributed by atoms with van der Waals surface area (Å²) in [6.45, 7) is 0. The largest absolute Gasteiger partial charge is 0.456 e. The Kier molecular flexibility index (Phi) is 6.60. The second-order valence-electron chi connectivity index (χ2n) is 14.4. The van der Waals surface area contributed by atoms with Gasteiger partial charge in [-0.3, -0.25) is 0 Å². The molecule has 0 N–H and O–H groups in total. The minimum absolute atomic E-state index is 0.839. The second-order valence-corrected chi connectivity index (χ2v) is 14.4. The molecule has 0 saturated carbocycles. The van der Waals surface area contributed by atoms with Crippen molar-refractivity contribution in [3.05, 3.63) is 188 Å². The van der Waals surface area contributed by atoms with Gasteiger partial charge in [0.1, 0.15) is 33.5 Å². The van der Waals surface area contributed by atoms with Gasteiger partial charge in [-0.05, 0) is 59.5 Å². The third-order valence-corrected chi connectivity index (χ3v) is 11.3. The Hall–Kier alpha value is -7.56. The van der Waals surface area contributed by atoms with Gasteiger partial charge in [-0.15, -0.1) is 0 Å². The van der Waals surface area contributed by atoms with Gasteiger partial charge >= 0.3 is 0 Å². The highest BCUT2D eigenvalue weighted by Crippen LogP contribution is 2.46. The SMILES string of the molecule is c1ccc(N(c2ccc(-c3cccc4c3oc3ccccc34)cc2)c2ccc3c(c2)oc2ccccc23)c(-c2cccc3c2oc2c4ccccc4ccc32)c1. The number of nitrogens with zero attached hydrogens (tertiary/aromatic N) is 1. The lowest BCUT2D eigenvalue weighted by Crippen LogP contribution is -2.11. The number of hydrogen-bond donors (Lipinski definition) is 0. The van der Waals surface area contributed by atoms with E-state index in [1.54, 1.807) is 0 Å². The molecule has 0 amide bonds. The van der Waals surface area contributed by atoms with Crippen LogP contribution in [-0.2, 0) is 0 Å². The minimum Gasteiger partial charge on any atom is -0.456 e. The highest BCUT2D eigenvalue weighted by Gasteiger charge is 2.22. The summed E-state index contributed by atoms with van der Waals surface area (Å²) >= 11 is 0. The van der Waals surface area contributed by atoms with Gasteiger partial charge in [0, 0.05) is 71.8 Å². The third-order valence-electron chi connectivity index (χ3n) is 11.3. The molecule has 3 aromatic heterocycles. The monoisotopic (exact) mass is 717 g/mol. The van der Waals surface area contributed by atoms with Gasteiger partial charge in [-0.2, -0.15) is 0 Å². The molecule has 0 atom stereocenters. The van der Waals surface area contributed by atoms with E-state index in [2.05, 4.69) is 169 Å². The molecule has 0 aliphatic heterocycles. The van der Waals surface area contributed by atoms with Crippen molar-refractivity contribution in [1.29, 1.82) is 0 Å². The van der Waals surface area contributed by atoms with Crippen LogP contribution in [0, 0.1) is 0 Å². The van der Waals surface area contributed by atoms with Gasteiger partial charge in [0.05, 0.1) is 5.69 Å². The van der Waals surface area contributed by atoms with Gasteiger partial charge in [0.15, 0.2) is 0 Å². The Morgan fingerprint density at radius 3 is 1.70 bits per heavy atom. The van der Waals surface area contributed by atoms with Crippen LogP contribution in [0.3, 0.4) is 0 Å². The fraction of sp³-hybridized carbons (Fsp3) is 0. The van der Waals surface area contributed by atoms with Crippen molar-refractivity contribution >= 4 is 93.7 Å². The number of anilines is 3. The molecule has 0 spiro atoms. The fourth-order valence-corrected chi connectivity index (χ4v) is 8.68. The number of hydrogen-bond acceptors (Lipinski definition) is 4. The van der Waals surface area contributed by atoms with Gasteiger partial charge in [-0.25, -0.2) is 0 Å². The highest BCUT2D eigenvalue weighted by molar-refractivity contribution is 6.18. The fourth-order valence-electron chi connectivity index (χ4n) is 8.68. The van der Waals surface area contributed by atoms with Crippen LogP contribution in [-0.4, -0.2) is 0 Å². The molecule has 262 valence electrons. The van der Waals surface area contributed by atoms with Crippen molar-refractivity contribution in [1.82, 2.24) is 0 Å². The van der Waals surface area contributed by atoms with E-state index in [4.69, 9.17) is 13.3 Å². The van der Waals surface area contributed by atoms with E-state index in [1.165, 1.54) is 0 Å². The molecule has 0 fully saturated rings. The summed E-state index contributed by atoms with van der Waals surface area (Å²) in [5.41, 5.74) is 12.5.